The second kappa shape index (κ2) is 4.88. The summed E-state index contributed by atoms with van der Waals surface area (Å²) in [5.74, 6) is 0. The molecule has 0 heterocycles. The molecule has 1 nitrogen and oxygen atoms in total. The van der Waals surface area contributed by atoms with Crippen LogP contribution in [0.4, 0.5) is 11.4 Å². The van der Waals surface area contributed by atoms with Crippen LogP contribution in [0.1, 0.15) is 11.1 Å². The maximum atomic E-state index is 3.92. The maximum absolute atomic E-state index is 3.92. The average molecular weight is 223 g/mol. The van der Waals surface area contributed by atoms with Crippen molar-refractivity contribution in [1.29, 1.82) is 0 Å². The van der Waals surface area contributed by atoms with Crippen molar-refractivity contribution >= 4 is 11.4 Å². The third kappa shape index (κ3) is 2.23. The molecule has 0 saturated heterocycles. The number of anilines is 2. The van der Waals surface area contributed by atoms with Crippen LogP contribution in [0.2, 0.25) is 0 Å². The van der Waals surface area contributed by atoms with Gasteiger partial charge in [0.1, 0.15) is 0 Å². The summed E-state index contributed by atoms with van der Waals surface area (Å²) >= 11 is 0. The van der Waals surface area contributed by atoms with Crippen LogP contribution in [0.15, 0.2) is 61.3 Å². The molecular formula is C16H17N. The topological polar surface area (TPSA) is 3.24 Å². The van der Waals surface area contributed by atoms with E-state index in [2.05, 4.69) is 73.9 Å². The second-order valence-electron chi connectivity index (χ2n) is 4.13. The first-order valence-electron chi connectivity index (χ1n) is 5.77. The standard InChI is InChI=1S/C16H17N/c1-4-17(15-11-7-5-9-13(15)2)16-12-8-6-10-14(16)3/h4-12H,1H2,2-3H3. The number of aryl methyl sites for hydroxylation is 2. The summed E-state index contributed by atoms with van der Waals surface area (Å²) in [5, 5.41) is 0. The van der Waals surface area contributed by atoms with Crippen LogP contribution in [0.3, 0.4) is 0 Å². The zero-order chi connectivity index (χ0) is 12.3. The Bertz CT molecular complexity index is 483. The van der Waals surface area contributed by atoms with Crippen LogP contribution >= 0.6 is 0 Å². The van der Waals surface area contributed by atoms with Crippen molar-refractivity contribution in [3.8, 4) is 0 Å². The zero-order valence-electron chi connectivity index (χ0n) is 10.4. The predicted molar refractivity (Wildman–Crippen MR) is 74.7 cm³/mol. The van der Waals surface area contributed by atoms with Gasteiger partial charge in [0.05, 0.1) is 0 Å². The fourth-order valence-corrected chi connectivity index (χ4v) is 1.99. The van der Waals surface area contributed by atoms with Crippen molar-refractivity contribution in [2.24, 2.45) is 0 Å². The van der Waals surface area contributed by atoms with E-state index in [-0.39, 0.29) is 0 Å². The summed E-state index contributed by atoms with van der Waals surface area (Å²) in [6, 6.07) is 16.7. The van der Waals surface area contributed by atoms with E-state index in [1.54, 1.807) is 0 Å². The Balaban J connectivity index is 2.52. The van der Waals surface area contributed by atoms with Crippen molar-refractivity contribution in [2.75, 3.05) is 4.90 Å². The van der Waals surface area contributed by atoms with Gasteiger partial charge in [0, 0.05) is 17.6 Å². The number of hydrogen-bond donors (Lipinski definition) is 0. The molecule has 1 heteroatoms. The summed E-state index contributed by atoms with van der Waals surface area (Å²) in [6.45, 7) is 8.15. The Hall–Kier alpha value is -2.02. The lowest BCUT2D eigenvalue weighted by atomic mass is 10.1. The molecule has 0 radical (unpaired) electrons. The van der Waals surface area contributed by atoms with E-state index in [4.69, 9.17) is 0 Å². The number of nitrogens with zero attached hydrogens (tertiary/aromatic N) is 1. The first kappa shape index (κ1) is 11.5. The lowest BCUT2D eigenvalue weighted by molar-refractivity contribution is 1.23. The van der Waals surface area contributed by atoms with E-state index in [0.29, 0.717) is 0 Å². The van der Waals surface area contributed by atoms with Crippen LogP contribution in [0.25, 0.3) is 0 Å². The highest BCUT2D eigenvalue weighted by atomic mass is 15.1. The molecule has 0 bridgehead atoms. The highest BCUT2D eigenvalue weighted by molar-refractivity contribution is 5.70. The number of para-hydroxylation sites is 2. The third-order valence-electron chi connectivity index (χ3n) is 2.93. The van der Waals surface area contributed by atoms with Gasteiger partial charge in [-0.3, -0.25) is 0 Å². The summed E-state index contributed by atoms with van der Waals surface area (Å²) < 4.78 is 0. The molecule has 2 aromatic rings. The molecule has 0 fully saturated rings. The molecule has 0 aliphatic heterocycles. The number of rotatable bonds is 3. The van der Waals surface area contributed by atoms with Gasteiger partial charge in [0.15, 0.2) is 0 Å². The van der Waals surface area contributed by atoms with Crippen LogP contribution in [-0.4, -0.2) is 0 Å². The fraction of sp³-hybridized carbons (Fsp3) is 0.125. The molecule has 0 unspecified atom stereocenters. The monoisotopic (exact) mass is 223 g/mol. The zero-order valence-corrected chi connectivity index (χ0v) is 10.4. The van der Waals surface area contributed by atoms with E-state index >= 15 is 0 Å². The summed E-state index contributed by atoms with van der Waals surface area (Å²) in [7, 11) is 0. The van der Waals surface area contributed by atoms with E-state index in [1.165, 1.54) is 22.5 Å². The molecule has 0 atom stereocenters. The smallest absolute Gasteiger partial charge is 0.0484 e. The minimum Gasteiger partial charge on any atom is -0.317 e. The summed E-state index contributed by atoms with van der Waals surface area (Å²) in [6.07, 6.45) is 1.87. The van der Waals surface area contributed by atoms with Crippen molar-refractivity contribution in [2.45, 2.75) is 13.8 Å². The molecule has 0 N–H and O–H groups in total. The molecule has 2 aromatic carbocycles. The second-order valence-corrected chi connectivity index (χ2v) is 4.13. The Morgan fingerprint density at radius 2 is 1.24 bits per heavy atom. The van der Waals surface area contributed by atoms with E-state index < -0.39 is 0 Å². The summed E-state index contributed by atoms with van der Waals surface area (Å²) in [5.41, 5.74) is 4.85. The molecule has 0 aliphatic rings. The van der Waals surface area contributed by atoms with Crippen LogP contribution in [-0.2, 0) is 0 Å². The minimum absolute atomic E-state index is 1.18. The van der Waals surface area contributed by atoms with Gasteiger partial charge < -0.3 is 4.90 Å². The Kier molecular flexibility index (Phi) is 3.29. The van der Waals surface area contributed by atoms with Gasteiger partial charge >= 0.3 is 0 Å². The quantitative estimate of drug-likeness (QED) is 0.736. The van der Waals surface area contributed by atoms with Crippen molar-refractivity contribution in [1.82, 2.24) is 0 Å². The van der Waals surface area contributed by atoms with Gasteiger partial charge in [-0.2, -0.15) is 0 Å². The van der Waals surface area contributed by atoms with Crippen LogP contribution in [0.5, 0.6) is 0 Å². The number of benzene rings is 2. The average Bonchev–Trinajstić information content (AvgIpc) is 2.34. The third-order valence-corrected chi connectivity index (χ3v) is 2.93. The molecule has 0 spiro atoms. The highest BCUT2D eigenvalue weighted by Crippen LogP contribution is 2.30. The summed E-state index contributed by atoms with van der Waals surface area (Å²) in [4.78, 5) is 2.13. The van der Waals surface area contributed by atoms with Crippen molar-refractivity contribution in [3.05, 3.63) is 72.4 Å². The lowest BCUT2D eigenvalue weighted by Crippen LogP contribution is -2.10. The Morgan fingerprint density at radius 1 is 0.824 bits per heavy atom. The van der Waals surface area contributed by atoms with Crippen molar-refractivity contribution in [3.63, 3.8) is 0 Å². The first-order valence-corrected chi connectivity index (χ1v) is 5.77. The van der Waals surface area contributed by atoms with Gasteiger partial charge in [-0.15, -0.1) is 0 Å². The Morgan fingerprint density at radius 3 is 1.59 bits per heavy atom. The van der Waals surface area contributed by atoms with Crippen molar-refractivity contribution < 1.29 is 0 Å². The molecule has 86 valence electrons. The van der Waals surface area contributed by atoms with E-state index in [1.807, 2.05) is 6.20 Å². The molecule has 2 rings (SSSR count). The SMILES string of the molecule is C=CN(c1ccccc1C)c1ccccc1C. The van der Waals surface area contributed by atoms with Crippen LogP contribution < -0.4 is 4.90 Å². The van der Waals surface area contributed by atoms with E-state index in [9.17, 15) is 0 Å². The Labute approximate surface area is 103 Å². The molecule has 0 aromatic heterocycles. The van der Waals surface area contributed by atoms with Gasteiger partial charge in [-0.25, -0.2) is 0 Å². The van der Waals surface area contributed by atoms with Crippen LogP contribution in [0, 0.1) is 13.8 Å². The highest BCUT2D eigenvalue weighted by Gasteiger charge is 2.09. The number of hydrogen-bond acceptors (Lipinski definition) is 1. The normalized spacial score (nSPS) is 10.0. The van der Waals surface area contributed by atoms with Gasteiger partial charge in [0.2, 0.25) is 0 Å². The molecule has 0 aliphatic carbocycles. The van der Waals surface area contributed by atoms with Gasteiger partial charge in [-0.1, -0.05) is 43.0 Å². The molecular weight excluding hydrogens is 206 g/mol. The molecule has 0 amide bonds. The molecule has 0 saturated carbocycles. The fourth-order valence-electron chi connectivity index (χ4n) is 1.99. The van der Waals surface area contributed by atoms with Gasteiger partial charge in [0.25, 0.3) is 0 Å². The predicted octanol–water partition coefficient (Wildman–Crippen LogP) is 4.59. The van der Waals surface area contributed by atoms with Gasteiger partial charge in [-0.05, 0) is 37.1 Å². The minimum atomic E-state index is 1.18. The first-order chi connectivity index (χ1) is 8.24. The van der Waals surface area contributed by atoms with E-state index in [0.717, 1.165) is 0 Å². The lowest BCUT2D eigenvalue weighted by Gasteiger charge is -2.23. The maximum Gasteiger partial charge on any atom is 0.0484 e. The largest absolute Gasteiger partial charge is 0.317 e. The molecule has 17 heavy (non-hydrogen) atoms.